The van der Waals surface area contributed by atoms with Crippen LogP contribution in [-0.2, 0) is 0 Å². The van der Waals surface area contributed by atoms with Crippen LogP contribution < -0.4 is 0 Å². The molecule has 0 radical (unpaired) electrons. The fourth-order valence-electron chi connectivity index (χ4n) is 1.10. The summed E-state index contributed by atoms with van der Waals surface area (Å²) in [6.45, 7) is 5.59. The maximum absolute atomic E-state index is 9.45. The highest BCUT2D eigenvalue weighted by atomic mass is 16.3. The van der Waals surface area contributed by atoms with Crippen molar-refractivity contribution in [2.75, 3.05) is 0 Å². The van der Waals surface area contributed by atoms with Gasteiger partial charge in [0, 0.05) is 5.56 Å². The first-order valence-electron chi connectivity index (χ1n) is 3.86. The lowest BCUT2D eigenvalue weighted by molar-refractivity contribution is 0.474. The number of rotatable bonds is 2. The van der Waals surface area contributed by atoms with Crippen LogP contribution in [0.2, 0.25) is 0 Å². The molecule has 0 saturated carbocycles. The molecule has 1 N–H and O–H groups in total. The van der Waals surface area contributed by atoms with Crippen molar-refractivity contribution in [2.24, 2.45) is 0 Å². The van der Waals surface area contributed by atoms with Gasteiger partial charge in [-0.3, -0.25) is 0 Å². The lowest BCUT2D eigenvalue weighted by Crippen LogP contribution is -1.80. The van der Waals surface area contributed by atoms with Gasteiger partial charge in [-0.05, 0) is 18.6 Å². The van der Waals surface area contributed by atoms with Crippen LogP contribution in [0.25, 0.3) is 12.2 Å². The van der Waals surface area contributed by atoms with Crippen LogP contribution >= 0.6 is 0 Å². The molecule has 1 rings (SSSR count). The summed E-state index contributed by atoms with van der Waals surface area (Å²) in [6, 6.07) is 5.39. The predicted molar refractivity (Wildman–Crippen MR) is 52.9 cm³/mol. The Kier molecular flexibility index (Phi) is 2.70. The normalized spacial score (nSPS) is 10.4. The Morgan fingerprint density at radius 1 is 1.42 bits per heavy atom. The van der Waals surface area contributed by atoms with Crippen LogP contribution in [0.15, 0.2) is 30.9 Å². The van der Waals surface area contributed by atoms with E-state index < -0.39 is 0 Å². The number of hydrogen-bond donors (Lipinski definition) is 1. The fraction of sp³-hybridized carbons (Fsp3) is 0.0909. The molecule has 1 aromatic rings. The van der Waals surface area contributed by atoms with Gasteiger partial charge in [-0.15, -0.1) is 0 Å². The second-order valence-corrected chi connectivity index (χ2v) is 2.48. The Labute approximate surface area is 72.7 Å². The van der Waals surface area contributed by atoms with E-state index in [4.69, 9.17) is 0 Å². The predicted octanol–water partition coefficient (Wildman–Crippen LogP) is 3.07. The van der Waals surface area contributed by atoms with Crippen LogP contribution in [0.1, 0.15) is 18.1 Å². The molecule has 0 aliphatic heterocycles. The molecular weight excluding hydrogens is 148 g/mol. The van der Waals surface area contributed by atoms with Crippen LogP contribution in [0.5, 0.6) is 5.75 Å². The minimum Gasteiger partial charge on any atom is -0.507 e. The first-order valence-corrected chi connectivity index (χ1v) is 3.86. The molecule has 0 unspecified atom stereocenters. The van der Waals surface area contributed by atoms with Gasteiger partial charge in [-0.1, -0.05) is 36.9 Å². The molecule has 0 aliphatic carbocycles. The highest BCUT2D eigenvalue weighted by Gasteiger charge is 1.99. The highest BCUT2D eigenvalue weighted by molar-refractivity contribution is 5.68. The van der Waals surface area contributed by atoms with E-state index in [0.29, 0.717) is 5.75 Å². The molecule has 1 aromatic carbocycles. The Bertz CT molecular complexity index is 311. The van der Waals surface area contributed by atoms with Crippen molar-refractivity contribution in [1.82, 2.24) is 0 Å². The molecule has 12 heavy (non-hydrogen) atoms. The summed E-state index contributed by atoms with van der Waals surface area (Å²) >= 11 is 0. The zero-order valence-corrected chi connectivity index (χ0v) is 7.12. The molecule has 0 aromatic heterocycles. The molecule has 0 fully saturated rings. The molecule has 62 valence electrons. The number of phenolic OH excluding ortho intramolecular Hbond substituents is 1. The fourth-order valence-corrected chi connectivity index (χ4v) is 1.10. The van der Waals surface area contributed by atoms with E-state index >= 15 is 0 Å². The number of hydrogen-bond acceptors (Lipinski definition) is 1. The van der Waals surface area contributed by atoms with E-state index in [2.05, 4.69) is 6.58 Å². The van der Waals surface area contributed by atoms with Gasteiger partial charge in [0.25, 0.3) is 0 Å². The molecule has 0 atom stereocenters. The summed E-state index contributed by atoms with van der Waals surface area (Å²) in [5.74, 6) is 0.297. The largest absolute Gasteiger partial charge is 0.507 e. The van der Waals surface area contributed by atoms with Gasteiger partial charge >= 0.3 is 0 Å². The molecule has 0 heterocycles. The van der Waals surface area contributed by atoms with E-state index in [1.807, 2.05) is 25.1 Å². The zero-order chi connectivity index (χ0) is 8.97. The molecule has 0 spiro atoms. The minimum atomic E-state index is 0.297. The summed E-state index contributed by atoms with van der Waals surface area (Å²) in [4.78, 5) is 0. The smallest absolute Gasteiger partial charge is 0.123 e. The molecule has 1 nitrogen and oxygen atoms in total. The summed E-state index contributed by atoms with van der Waals surface area (Å²) in [6.07, 6.45) is 5.49. The zero-order valence-electron chi connectivity index (χ0n) is 7.12. The van der Waals surface area contributed by atoms with Crippen molar-refractivity contribution in [3.8, 4) is 5.75 Å². The van der Waals surface area contributed by atoms with Gasteiger partial charge < -0.3 is 5.11 Å². The lowest BCUT2D eigenvalue weighted by Gasteiger charge is -2.02. The molecule has 0 saturated heterocycles. The van der Waals surface area contributed by atoms with Crippen molar-refractivity contribution in [3.05, 3.63) is 42.0 Å². The molecule has 0 aliphatic rings. The van der Waals surface area contributed by atoms with E-state index in [0.717, 1.165) is 11.1 Å². The van der Waals surface area contributed by atoms with Crippen molar-refractivity contribution in [3.63, 3.8) is 0 Å². The first-order chi connectivity index (χ1) is 5.79. The first kappa shape index (κ1) is 8.60. The second kappa shape index (κ2) is 3.77. The van der Waals surface area contributed by atoms with Crippen molar-refractivity contribution < 1.29 is 5.11 Å². The second-order valence-electron chi connectivity index (χ2n) is 2.48. The third-order valence-electron chi connectivity index (χ3n) is 1.67. The number of allylic oxidation sites excluding steroid dienone is 1. The van der Waals surface area contributed by atoms with Crippen molar-refractivity contribution in [1.29, 1.82) is 0 Å². The van der Waals surface area contributed by atoms with E-state index in [1.54, 1.807) is 18.2 Å². The van der Waals surface area contributed by atoms with Gasteiger partial charge in [0.15, 0.2) is 0 Å². The van der Waals surface area contributed by atoms with Crippen LogP contribution in [-0.4, -0.2) is 5.11 Å². The standard InChI is InChI=1S/C11H12O/c1-3-6-10-9(4-2)7-5-8-11(10)12/h3-8,12H,2H2,1H3/b6-3-. The lowest BCUT2D eigenvalue weighted by atomic mass is 10.1. The van der Waals surface area contributed by atoms with E-state index in [9.17, 15) is 5.11 Å². The minimum absolute atomic E-state index is 0.297. The number of benzene rings is 1. The third kappa shape index (κ3) is 1.56. The molecule has 0 bridgehead atoms. The maximum atomic E-state index is 9.45. The average molecular weight is 160 g/mol. The van der Waals surface area contributed by atoms with Crippen LogP contribution in [0.3, 0.4) is 0 Å². The monoisotopic (exact) mass is 160 g/mol. The number of aromatic hydroxyl groups is 1. The Hall–Kier alpha value is -1.50. The number of phenols is 1. The van der Waals surface area contributed by atoms with Gasteiger partial charge in [0.05, 0.1) is 0 Å². The van der Waals surface area contributed by atoms with Crippen molar-refractivity contribution >= 4 is 12.2 Å². The topological polar surface area (TPSA) is 20.2 Å². The van der Waals surface area contributed by atoms with Crippen LogP contribution in [0, 0.1) is 0 Å². The summed E-state index contributed by atoms with van der Waals surface area (Å²) in [5.41, 5.74) is 1.78. The summed E-state index contributed by atoms with van der Waals surface area (Å²) in [5, 5.41) is 9.45. The third-order valence-corrected chi connectivity index (χ3v) is 1.67. The van der Waals surface area contributed by atoms with Gasteiger partial charge in [-0.2, -0.15) is 0 Å². The van der Waals surface area contributed by atoms with Gasteiger partial charge in [0.2, 0.25) is 0 Å². The van der Waals surface area contributed by atoms with Crippen molar-refractivity contribution in [2.45, 2.75) is 6.92 Å². The molecule has 1 heteroatoms. The quantitative estimate of drug-likeness (QED) is 0.704. The van der Waals surface area contributed by atoms with Crippen LogP contribution in [0.4, 0.5) is 0 Å². The Balaban J connectivity index is 3.28. The van der Waals surface area contributed by atoms with E-state index in [1.165, 1.54) is 0 Å². The average Bonchev–Trinajstić information content (AvgIpc) is 2.09. The van der Waals surface area contributed by atoms with Gasteiger partial charge in [0.1, 0.15) is 5.75 Å². The Morgan fingerprint density at radius 3 is 2.75 bits per heavy atom. The SMILES string of the molecule is C=Cc1cccc(O)c1/C=C\C. The molecular formula is C11H12O. The molecule has 0 amide bonds. The van der Waals surface area contributed by atoms with Gasteiger partial charge in [-0.25, -0.2) is 0 Å². The summed E-state index contributed by atoms with van der Waals surface area (Å²) in [7, 11) is 0. The summed E-state index contributed by atoms with van der Waals surface area (Å²) < 4.78 is 0. The highest BCUT2D eigenvalue weighted by Crippen LogP contribution is 2.23. The maximum Gasteiger partial charge on any atom is 0.123 e. The van der Waals surface area contributed by atoms with E-state index in [-0.39, 0.29) is 0 Å². The Morgan fingerprint density at radius 2 is 2.17 bits per heavy atom.